The highest BCUT2D eigenvalue weighted by Gasteiger charge is 2.10. The van der Waals surface area contributed by atoms with Gasteiger partial charge in [0.05, 0.1) is 5.69 Å². The van der Waals surface area contributed by atoms with Gasteiger partial charge < -0.3 is 5.32 Å². The van der Waals surface area contributed by atoms with Crippen LogP contribution in [0, 0.1) is 11.6 Å². The van der Waals surface area contributed by atoms with Crippen LogP contribution < -0.4 is 5.32 Å². The van der Waals surface area contributed by atoms with Crippen molar-refractivity contribution in [3.8, 4) is 5.69 Å². The zero-order valence-electron chi connectivity index (χ0n) is 10.4. The van der Waals surface area contributed by atoms with Crippen LogP contribution >= 0.6 is 0 Å². The minimum atomic E-state index is -0.921. The molecule has 0 aliphatic carbocycles. The molecule has 0 bridgehead atoms. The molecule has 2 aromatic carbocycles. The zero-order chi connectivity index (χ0) is 13.9. The average Bonchev–Trinajstić information content (AvgIpc) is 2.93. The van der Waals surface area contributed by atoms with Gasteiger partial charge in [0.25, 0.3) is 0 Å². The van der Waals surface area contributed by atoms with Gasteiger partial charge in [-0.3, -0.25) is 4.57 Å². The van der Waals surface area contributed by atoms with Crippen LogP contribution in [0.5, 0.6) is 0 Å². The van der Waals surface area contributed by atoms with E-state index < -0.39 is 11.6 Å². The number of nitrogens with one attached hydrogen (secondary N) is 1. The van der Waals surface area contributed by atoms with Crippen LogP contribution in [0.1, 0.15) is 0 Å². The first-order valence-electron chi connectivity index (χ1n) is 6.05. The number of para-hydroxylation sites is 1. The van der Waals surface area contributed by atoms with Crippen LogP contribution in [-0.4, -0.2) is 9.55 Å². The second-order valence-electron chi connectivity index (χ2n) is 4.18. The summed E-state index contributed by atoms with van der Waals surface area (Å²) in [6, 6.07) is 13.5. The van der Waals surface area contributed by atoms with Crippen molar-refractivity contribution in [3.63, 3.8) is 0 Å². The van der Waals surface area contributed by atoms with E-state index in [2.05, 4.69) is 10.3 Å². The van der Waals surface area contributed by atoms with Crippen molar-refractivity contribution in [2.45, 2.75) is 0 Å². The SMILES string of the molecule is Fc1cccc(Nc2nccn2-c2ccccc2)c1F. The minimum Gasteiger partial charge on any atom is -0.323 e. The van der Waals surface area contributed by atoms with Gasteiger partial charge in [-0.25, -0.2) is 13.8 Å². The molecule has 20 heavy (non-hydrogen) atoms. The highest BCUT2D eigenvalue weighted by Crippen LogP contribution is 2.22. The summed E-state index contributed by atoms with van der Waals surface area (Å²) in [7, 11) is 0. The van der Waals surface area contributed by atoms with Crippen molar-refractivity contribution in [2.24, 2.45) is 0 Å². The van der Waals surface area contributed by atoms with Crippen LogP contribution in [0.2, 0.25) is 0 Å². The summed E-state index contributed by atoms with van der Waals surface area (Å²) in [5.74, 6) is -1.40. The van der Waals surface area contributed by atoms with Crippen molar-refractivity contribution in [1.29, 1.82) is 0 Å². The maximum Gasteiger partial charge on any atom is 0.212 e. The Hall–Kier alpha value is -2.69. The van der Waals surface area contributed by atoms with Gasteiger partial charge in [-0.2, -0.15) is 0 Å². The quantitative estimate of drug-likeness (QED) is 0.783. The van der Waals surface area contributed by atoms with Crippen molar-refractivity contribution >= 4 is 11.6 Å². The van der Waals surface area contributed by atoms with Crippen LogP contribution in [0.15, 0.2) is 60.9 Å². The molecule has 3 aromatic rings. The molecule has 0 fully saturated rings. The van der Waals surface area contributed by atoms with Crippen molar-refractivity contribution in [3.05, 3.63) is 72.6 Å². The molecule has 1 aromatic heterocycles. The van der Waals surface area contributed by atoms with Gasteiger partial charge in [-0.05, 0) is 24.3 Å². The Morgan fingerprint density at radius 1 is 0.950 bits per heavy atom. The van der Waals surface area contributed by atoms with Crippen molar-refractivity contribution in [2.75, 3.05) is 5.32 Å². The topological polar surface area (TPSA) is 29.9 Å². The molecule has 0 aliphatic rings. The predicted octanol–water partition coefficient (Wildman–Crippen LogP) is 3.89. The van der Waals surface area contributed by atoms with Crippen LogP contribution in [0.25, 0.3) is 5.69 Å². The monoisotopic (exact) mass is 271 g/mol. The van der Waals surface area contributed by atoms with E-state index in [1.165, 1.54) is 12.1 Å². The highest BCUT2D eigenvalue weighted by molar-refractivity contribution is 5.56. The van der Waals surface area contributed by atoms with E-state index in [0.717, 1.165) is 11.8 Å². The Labute approximate surface area is 114 Å². The lowest BCUT2D eigenvalue weighted by Crippen LogP contribution is -2.03. The second-order valence-corrected chi connectivity index (χ2v) is 4.18. The Morgan fingerprint density at radius 2 is 1.75 bits per heavy atom. The number of hydrogen-bond donors (Lipinski definition) is 1. The summed E-state index contributed by atoms with van der Waals surface area (Å²) in [5.41, 5.74) is 0.928. The van der Waals surface area contributed by atoms with Gasteiger partial charge in [0.1, 0.15) is 0 Å². The Kier molecular flexibility index (Phi) is 3.16. The molecule has 3 nitrogen and oxygen atoms in total. The first kappa shape index (κ1) is 12.3. The third-order valence-corrected chi connectivity index (χ3v) is 2.87. The van der Waals surface area contributed by atoms with Gasteiger partial charge in [-0.1, -0.05) is 24.3 Å². The number of benzene rings is 2. The lowest BCUT2D eigenvalue weighted by atomic mass is 10.3. The summed E-state index contributed by atoms with van der Waals surface area (Å²) in [6.07, 6.45) is 3.33. The third-order valence-electron chi connectivity index (χ3n) is 2.87. The number of halogens is 2. The largest absolute Gasteiger partial charge is 0.323 e. The van der Waals surface area contributed by atoms with Gasteiger partial charge in [-0.15, -0.1) is 0 Å². The van der Waals surface area contributed by atoms with Gasteiger partial charge in [0.2, 0.25) is 5.95 Å². The smallest absolute Gasteiger partial charge is 0.212 e. The molecule has 0 saturated carbocycles. The van der Waals surface area contributed by atoms with Gasteiger partial charge >= 0.3 is 0 Å². The Morgan fingerprint density at radius 3 is 2.55 bits per heavy atom. The van der Waals surface area contributed by atoms with Crippen LogP contribution in [0.3, 0.4) is 0 Å². The highest BCUT2D eigenvalue weighted by atomic mass is 19.2. The van der Waals surface area contributed by atoms with E-state index in [1.807, 2.05) is 30.3 Å². The summed E-state index contributed by atoms with van der Waals surface area (Å²) < 4.78 is 28.6. The number of nitrogens with zero attached hydrogens (tertiary/aromatic N) is 2. The summed E-state index contributed by atoms with van der Waals surface area (Å²) >= 11 is 0. The molecule has 1 heterocycles. The van der Waals surface area contributed by atoms with Crippen molar-refractivity contribution < 1.29 is 8.78 Å². The molecule has 0 atom stereocenters. The third kappa shape index (κ3) is 2.25. The normalized spacial score (nSPS) is 10.5. The van der Waals surface area contributed by atoms with Crippen molar-refractivity contribution in [1.82, 2.24) is 9.55 Å². The van der Waals surface area contributed by atoms with E-state index in [0.29, 0.717) is 5.95 Å². The second kappa shape index (κ2) is 5.13. The fourth-order valence-electron chi connectivity index (χ4n) is 1.91. The molecule has 0 spiro atoms. The van der Waals surface area contributed by atoms with Gasteiger partial charge in [0.15, 0.2) is 11.6 Å². The number of anilines is 2. The van der Waals surface area contributed by atoms with E-state index in [1.54, 1.807) is 17.0 Å². The van der Waals surface area contributed by atoms with Crippen LogP contribution in [0.4, 0.5) is 20.4 Å². The summed E-state index contributed by atoms with van der Waals surface area (Å²) in [5, 5.41) is 2.80. The first-order chi connectivity index (χ1) is 9.75. The molecule has 100 valence electrons. The molecular formula is C15H11F2N3. The maximum atomic E-state index is 13.7. The van der Waals surface area contributed by atoms with E-state index in [9.17, 15) is 8.78 Å². The number of hydrogen-bond acceptors (Lipinski definition) is 2. The fourth-order valence-corrected chi connectivity index (χ4v) is 1.91. The molecule has 0 unspecified atom stereocenters. The van der Waals surface area contributed by atoms with Gasteiger partial charge in [0, 0.05) is 18.1 Å². The Bertz CT molecular complexity index is 723. The minimum absolute atomic E-state index is 0.0494. The molecule has 0 radical (unpaired) electrons. The molecular weight excluding hydrogens is 260 g/mol. The maximum absolute atomic E-state index is 13.7. The predicted molar refractivity (Wildman–Crippen MR) is 73.2 cm³/mol. The summed E-state index contributed by atoms with van der Waals surface area (Å²) in [6.45, 7) is 0. The number of rotatable bonds is 3. The van der Waals surface area contributed by atoms with E-state index in [-0.39, 0.29) is 5.69 Å². The lowest BCUT2D eigenvalue weighted by Gasteiger charge is -2.10. The molecule has 0 aliphatic heterocycles. The summed E-state index contributed by atoms with van der Waals surface area (Å²) in [4.78, 5) is 4.12. The van der Waals surface area contributed by atoms with Crippen LogP contribution in [-0.2, 0) is 0 Å². The Balaban J connectivity index is 1.97. The zero-order valence-corrected chi connectivity index (χ0v) is 10.4. The lowest BCUT2D eigenvalue weighted by molar-refractivity contribution is 0.511. The molecule has 5 heteroatoms. The molecule has 0 amide bonds. The number of aromatic nitrogens is 2. The molecule has 0 saturated heterocycles. The standard InChI is InChI=1S/C15H11F2N3/c16-12-7-4-8-13(14(12)17)19-15-18-9-10-20(15)11-5-2-1-3-6-11/h1-10H,(H,18,19). The first-order valence-corrected chi connectivity index (χ1v) is 6.05. The molecule has 1 N–H and O–H groups in total. The average molecular weight is 271 g/mol. The van der Waals surface area contributed by atoms with E-state index >= 15 is 0 Å². The molecule has 3 rings (SSSR count). The number of imidazole rings is 1. The van der Waals surface area contributed by atoms with E-state index in [4.69, 9.17) is 0 Å². The fraction of sp³-hybridized carbons (Fsp3) is 0.